The van der Waals surface area contributed by atoms with Crippen molar-refractivity contribution in [3.8, 4) is 16.9 Å². The second-order valence-corrected chi connectivity index (χ2v) is 6.74. The average molecular weight is 373 g/mol. The number of pyridine rings is 1. The molecule has 0 radical (unpaired) electrons. The van der Waals surface area contributed by atoms with E-state index in [4.69, 9.17) is 15.5 Å². The number of nitrogen functional groups attached to an aromatic ring is 1. The fourth-order valence-corrected chi connectivity index (χ4v) is 3.75. The predicted molar refractivity (Wildman–Crippen MR) is 105 cm³/mol. The number of halogens is 1. The van der Waals surface area contributed by atoms with E-state index >= 15 is 0 Å². The van der Waals surface area contributed by atoms with Crippen LogP contribution < -0.4 is 10.5 Å². The number of benzene rings is 2. The SMILES string of the molecule is COc1cc(F)ccc1-c1cccc2c(N)c3c(nc12)CN(C1=CC=C1)C3=O. The number of methoxy groups -OCH3 is 1. The number of carbonyl (C=O) groups is 1. The zero-order valence-electron chi connectivity index (χ0n) is 15.1. The van der Waals surface area contributed by atoms with Gasteiger partial charge in [-0.15, -0.1) is 0 Å². The zero-order chi connectivity index (χ0) is 19.4. The molecule has 3 aromatic rings. The zero-order valence-corrected chi connectivity index (χ0v) is 15.1. The molecule has 0 fully saturated rings. The van der Waals surface area contributed by atoms with E-state index < -0.39 is 0 Å². The summed E-state index contributed by atoms with van der Waals surface area (Å²) < 4.78 is 19.0. The van der Waals surface area contributed by atoms with E-state index in [9.17, 15) is 9.18 Å². The highest BCUT2D eigenvalue weighted by atomic mass is 19.1. The van der Waals surface area contributed by atoms with Gasteiger partial charge in [-0.1, -0.05) is 24.3 Å². The van der Waals surface area contributed by atoms with E-state index in [2.05, 4.69) is 0 Å². The molecule has 1 aliphatic carbocycles. The van der Waals surface area contributed by atoms with Crippen molar-refractivity contribution < 1.29 is 13.9 Å². The number of aromatic nitrogens is 1. The van der Waals surface area contributed by atoms with Crippen LogP contribution in [0.3, 0.4) is 0 Å². The molecule has 1 aliphatic heterocycles. The molecule has 0 unspecified atom stereocenters. The summed E-state index contributed by atoms with van der Waals surface area (Å²) in [6, 6.07) is 9.97. The maximum absolute atomic E-state index is 13.6. The number of para-hydroxylation sites is 1. The molecule has 2 N–H and O–H groups in total. The first-order valence-electron chi connectivity index (χ1n) is 8.83. The second-order valence-electron chi connectivity index (χ2n) is 6.74. The molecule has 1 amide bonds. The lowest BCUT2D eigenvalue weighted by Crippen LogP contribution is -2.24. The Labute approximate surface area is 160 Å². The van der Waals surface area contributed by atoms with Gasteiger partial charge in [0.1, 0.15) is 11.6 Å². The third kappa shape index (κ3) is 2.24. The molecule has 0 saturated carbocycles. The van der Waals surface area contributed by atoms with Crippen LogP contribution in [-0.4, -0.2) is 22.9 Å². The van der Waals surface area contributed by atoms with E-state index in [0.717, 1.165) is 11.3 Å². The largest absolute Gasteiger partial charge is 0.496 e. The number of nitrogens with two attached hydrogens (primary N) is 1. The summed E-state index contributed by atoms with van der Waals surface area (Å²) in [7, 11) is 1.50. The van der Waals surface area contributed by atoms with E-state index in [1.54, 1.807) is 11.0 Å². The van der Waals surface area contributed by atoms with Gasteiger partial charge >= 0.3 is 0 Å². The van der Waals surface area contributed by atoms with Crippen LogP contribution >= 0.6 is 0 Å². The molecule has 0 spiro atoms. The molecule has 0 saturated heterocycles. The lowest BCUT2D eigenvalue weighted by Gasteiger charge is -2.19. The summed E-state index contributed by atoms with van der Waals surface area (Å²) >= 11 is 0. The fraction of sp³-hybridized carbons (Fsp3) is 0.0909. The molecule has 0 bridgehead atoms. The molecule has 6 heteroatoms. The molecule has 2 heterocycles. The monoisotopic (exact) mass is 373 g/mol. The van der Waals surface area contributed by atoms with Crippen LogP contribution in [0.5, 0.6) is 5.75 Å². The van der Waals surface area contributed by atoms with Crippen LogP contribution in [0.2, 0.25) is 0 Å². The van der Waals surface area contributed by atoms with E-state index in [0.29, 0.717) is 45.7 Å². The number of ether oxygens (including phenoxy) is 1. The van der Waals surface area contributed by atoms with Gasteiger partial charge in [-0.25, -0.2) is 9.37 Å². The van der Waals surface area contributed by atoms with Crippen LogP contribution in [0, 0.1) is 5.82 Å². The number of allylic oxidation sites excluding steroid dienone is 3. The molecule has 2 aromatic carbocycles. The predicted octanol–water partition coefficient (Wildman–Crippen LogP) is 4.04. The lowest BCUT2D eigenvalue weighted by atomic mass is 9.98. The molecular weight excluding hydrogens is 357 g/mol. The second kappa shape index (κ2) is 5.92. The number of fused-ring (bicyclic) bond motifs is 2. The van der Waals surface area contributed by atoms with Crippen molar-refractivity contribution >= 4 is 22.5 Å². The highest BCUT2D eigenvalue weighted by molar-refractivity contribution is 6.12. The van der Waals surface area contributed by atoms with E-state index in [-0.39, 0.29) is 11.7 Å². The Balaban J connectivity index is 1.73. The topological polar surface area (TPSA) is 68.5 Å². The van der Waals surface area contributed by atoms with E-state index in [1.807, 2.05) is 36.4 Å². The van der Waals surface area contributed by atoms with Crippen molar-refractivity contribution in [2.24, 2.45) is 0 Å². The number of nitrogens with zero attached hydrogens (tertiary/aromatic N) is 2. The Bertz CT molecular complexity index is 1230. The average Bonchev–Trinajstić information content (AvgIpc) is 2.96. The van der Waals surface area contributed by atoms with Crippen LogP contribution in [-0.2, 0) is 6.54 Å². The Morgan fingerprint density at radius 1 is 1.21 bits per heavy atom. The minimum Gasteiger partial charge on any atom is -0.496 e. The number of hydrogen-bond donors (Lipinski definition) is 1. The van der Waals surface area contributed by atoms with Crippen molar-refractivity contribution in [1.29, 1.82) is 0 Å². The molecule has 1 aromatic heterocycles. The van der Waals surface area contributed by atoms with Gasteiger partial charge in [-0.05, 0) is 24.3 Å². The maximum atomic E-state index is 13.6. The standard InChI is InChI=1S/C22H16FN3O2/c1-28-18-10-12(23)8-9-14(18)15-6-3-7-16-20(24)19-17(25-21(15)16)11-26(22(19)27)13-4-2-5-13/h2-10H,11H2,1H3,(H2,24,25). The highest BCUT2D eigenvalue weighted by Gasteiger charge is 2.34. The lowest BCUT2D eigenvalue weighted by molar-refractivity contribution is 0.0831. The van der Waals surface area contributed by atoms with Crippen LogP contribution in [0.15, 0.2) is 60.3 Å². The summed E-state index contributed by atoms with van der Waals surface area (Å²) in [6.07, 6.45) is 5.65. The van der Waals surface area contributed by atoms with Gasteiger partial charge in [0.2, 0.25) is 0 Å². The molecule has 5 nitrogen and oxygen atoms in total. The Morgan fingerprint density at radius 2 is 2.04 bits per heavy atom. The van der Waals surface area contributed by atoms with Crippen molar-refractivity contribution in [2.45, 2.75) is 6.54 Å². The summed E-state index contributed by atoms with van der Waals surface area (Å²) in [5.41, 5.74) is 10.9. The highest BCUT2D eigenvalue weighted by Crippen LogP contribution is 2.40. The maximum Gasteiger partial charge on any atom is 0.262 e. The van der Waals surface area contributed by atoms with Gasteiger partial charge in [-0.3, -0.25) is 4.79 Å². The molecular formula is C22H16FN3O2. The smallest absolute Gasteiger partial charge is 0.262 e. The van der Waals surface area contributed by atoms with Gasteiger partial charge in [-0.2, -0.15) is 0 Å². The molecule has 5 rings (SSSR count). The van der Waals surface area contributed by atoms with Gasteiger partial charge < -0.3 is 15.4 Å². The van der Waals surface area contributed by atoms with Crippen LogP contribution in [0.1, 0.15) is 16.1 Å². The van der Waals surface area contributed by atoms with Gasteiger partial charge in [0.25, 0.3) is 5.91 Å². The van der Waals surface area contributed by atoms with E-state index in [1.165, 1.54) is 19.2 Å². The number of carbonyl (C=O) groups excluding carboxylic acids is 1. The Kier molecular flexibility index (Phi) is 3.49. The summed E-state index contributed by atoms with van der Waals surface area (Å²) in [5, 5.41) is 0.691. The number of anilines is 1. The first-order chi connectivity index (χ1) is 13.6. The minimum atomic E-state index is -0.378. The van der Waals surface area contributed by atoms with Crippen LogP contribution in [0.4, 0.5) is 10.1 Å². The van der Waals surface area contributed by atoms with Gasteiger partial charge in [0.05, 0.1) is 36.1 Å². The van der Waals surface area contributed by atoms with Crippen LogP contribution in [0.25, 0.3) is 22.0 Å². The molecule has 0 atom stereocenters. The number of rotatable bonds is 3. The third-order valence-electron chi connectivity index (χ3n) is 5.20. The third-order valence-corrected chi connectivity index (χ3v) is 5.20. The van der Waals surface area contributed by atoms with Crippen molar-refractivity contribution in [2.75, 3.05) is 12.8 Å². The Morgan fingerprint density at radius 3 is 2.75 bits per heavy atom. The quantitative estimate of drug-likeness (QED) is 0.752. The summed E-state index contributed by atoms with van der Waals surface area (Å²) in [6.45, 7) is 0.374. The number of hydrogen-bond acceptors (Lipinski definition) is 4. The fourth-order valence-electron chi connectivity index (χ4n) is 3.75. The van der Waals surface area contributed by atoms with Crippen molar-refractivity contribution in [3.63, 3.8) is 0 Å². The number of amides is 1. The molecule has 138 valence electrons. The first-order valence-corrected chi connectivity index (χ1v) is 8.83. The summed E-state index contributed by atoms with van der Waals surface area (Å²) in [4.78, 5) is 19.3. The van der Waals surface area contributed by atoms with Crippen molar-refractivity contribution in [3.05, 3.63) is 77.4 Å². The van der Waals surface area contributed by atoms with Gasteiger partial charge in [0.15, 0.2) is 0 Å². The minimum absolute atomic E-state index is 0.137. The molecule has 28 heavy (non-hydrogen) atoms. The molecule has 2 aliphatic rings. The Hall–Kier alpha value is -3.67. The normalized spacial score (nSPS) is 14.9. The van der Waals surface area contributed by atoms with Crippen molar-refractivity contribution in [1.82, 2.24) is 9.88 Å². The first kappa shape index (κ1) is 16.5. The van der Waals surface area contributed by atoms with Gasteiger partial charge in [0, 0.05) is 28.3 Å². The summed E-state index contributed by atoms with van der Waals surface area (Å²) in [5.74, 6) is -0.102.